The van der Waals surface area contributed by atoms with Gasteiger partial charge in [-0.15, -0.1) is 93.4 Å². The number of hydrogen-bond donors (Lipinski definition) is 0. The molecule has 0 aliphatic carbocycles. The van der Waals surface area contributed by atoms with E-state index in [2.05, 4.69) is 165 Å². The van der Waals surface area contributed by atoms with E-state index in [4.69, 9.17) is 0 Å². The molecule has 6 rings (SSSR count). The van der Waals surface area contributed by atoms with Gasteiger partial charge in [-0.05, 0) is 28.0 Å². The molecule has 6 aromatic carbocycles. The number of benzene rings is 4. The summed E-state index contributed by atoms with van der Waals surface area (Å²) >= 11 is 1.36. The van der Waals surface area contributed by atoms with E-state index in [1.165, 1.54) is 89.4 Å². The molecule has 0 nitrogen and oxygen atoms in total. The summed E-state index contributed by atoms with van der Waals surface area (Å²) in [6, 6.07) is 39.9. The van der Waals surface area contributed by atoms with Gasteiger partial charge in [0.2, 0.25) is 0 Å². The summed E-state index contributed by atoms with van der Waals surface area (Å²) in [5.41, 5.74) is 11.0. The molecule has 0 heterocycles. The van der Waals surface area contributed by atoms with Crippen LogP contribution in [-0.4, -0.2) is 6.88 Å². The van der Waals surface area contributed by atoms with Crippen molar-refractivity contribution in [3.8, 4) is 22.3 Å². The van der Waals surface area contributed by atoms with Crippen LogP contribution in [0, 0.1) is 28.7 Å². The number of hydrogen-bond acceptors (Lipinski definition) is 0. The Bertz CT molecular complexity index is 1740. The molecule has 4 heteroatoms. The van der Waals surface area contributed by atoms with Crippen LogP contribution in [0.2, 0.25) is 0 Å². The monoisotopic (exact) mass is 728 g/mol. The molecule has 0 bridgehead atoms. The van der Waals surface area contributed by atoms with E-state index in [0.717, 1.165) is 0 Å². The molecule has 0 amide bonds. The molecule has 0 saturated heterocycles. The van der Waals surface area contributed by atoms with Gasteiger partial charge in [0.15, 0.2) is 0 Å². The summed E-state index contributed by atoms with van der Waals surface area (Å²) < 4.78 is 0. The summed E-state index contributed by atoms with van der Waals surface area (Å²) in [5, 5.41) is 5.47. The number of aryl methyl sites for hydroxylation is 2. The molecule has 0 fully saturated rings. The van der Waals surface area contributed by atoms with E-state index in [1.54, 1.807) is 0 Å². The van der Waals surface area contributed by atoms with Crippen LogP contribution in [-0.2, 0) is 28.8 Å². The molecule has 6 aromatic rings. The summed E-state index contributed by atoms with van der Waals surface area (Å²) in [6.45, 7) is 18.7. The molecule has 238 valence electrons. The third-order valence-corrected chi connectivity index (χ3v) is 7.84. The summed E-state index contributed by atoms with van der Waals surface area (Å²) in [6.07, 6.45) is 0. The van der Waals surface area contributed by atoms with E-state index in [1.807, 2.05) is 0 Å². The SMILES string of the molecule is CC(C)c1cc2c(-c3ccc(C(C)(C)C)cc3)cccc2[cH-]1.Cc1cc2c(-c3ccccc3)ccc(C)c2[cH-]1.Cl.Cl.[CH3-].[CH3-].[Si]=[Zr]. The Labute approximate surface area is 302 Å². The van der Waals surface area contributed by atoms with Gasteiger partial charge in [0, 0.05) is 0 Å². The average molecular weight is 731 g/mol. The Morgan fingerprint density at radius 3 is 1.80 bits per heavy atom. The third kappa shape index (κ3) is 10.1. The van der Waals surface area contributed by atoms with Crippen molar-refractivity contribution in [2.45, 2.75) is 59.8 Å². The second kappa shape index (κ2) is 18.8. The minimum atomic E-state index is 0. The van der Waals surface area contributed by atoms with Gasteiger partial charge in [0.1, 0.15) is 0 Å². The molecule has 0 unspecified atom stereocenters. The van der Waals surface area contributed by atoms with Gasteiger partial charge in [-0.3, -0.25) is 0 Å². The Morgan fingerprint density at radius 1 is 0.644 bits per heavy atom. The third-order valence-electron chi connectivity index (χ3n) is 7.84. The zero-order chi connectivity index (χ0) is 29.7. The first kappa shape index (κ1) is 42.8. The number of rotatable bonds is 3. The second-order valence-electron chi connectivity index (χ2n) is 12.2. The van der Waals surface area contributed by atoms with Crippen LogP contribution in [0.15, 0.2) is 109 Å². The molecule has 2 radical (unpaired) electrons. The summed E-state index contributed by atoms with van der Waals surface area (Å²) in [4.78, 5) is 0. The standard InChI is InChI=1S/C22H25.C17H15.2CH3.2ClH.Si.Zr/c1-15(2)18-13-17-7-6-8-20(21(17)14-18)16-9-11-19(12-10-16)22(3,4)5;1-12-10-16-13(2)8-9-15(17(16)11-12)14-6-4-3-5-7-14;;;;;;/h6-15H,1-5H3;3-11H,1-2H3;2*1H3;2*1H;;/q4*-1;;;;. The number of halogens is 2. The normalized spacial score (nSPS) is 10.2. The van der Waals surface area contributed by atoms with Crippen molar-refractivity contribution in [2.75, 3.05) is 0 Å². The Morgan fingerprint density at radius 2 is 1.22 bits per heavy atom. The van der Waals surface area contributed by atoms with Gasteiger partial charge in [0.25, 0.3) is 0 Å². The molecule has 0 spiro atoms. The minimum absolute atomic E-state index is 0. The maximum absolute atomic E-state index is 3.06. The summed E-state index contributed by atoms with van der Waals surface area (Å²) in [7, 11) is 0. The van der Waals surface area contributed by atoms with Crippen LogP contribution in [0.25, 0.3) is 43.8 Å². The van der Waals surface area contributed by atoms with Crippen LogP contribution < -0.4 is 0 Å². The van der Waals surface area contributed by atoms with Crippen LogP contribution in [0.3, 0.4) is 0 Å². The molecule has 0 atom stereocenters. The van der Waals surface area contributed by atoms with Crippen molar-refractivity contribution >= 4 is 53.2 Å². The molecular formula is C41H48Cl2SiZr-4. The molecule has 0 aliphatic rings. The van der Waals surface area contributed by atoms with Gasteiger partial charge in [-0.1, -0.05) is 126 Å². The fourth-order valence-corrected chi connectivity index (χ4v) is 5.45. The number of fused-ring (bicyclic) bond motifs is 2. The van der Waals surface area contributed by atoms with Gasteiger partial charge in [-0.25, -0.2) is 0 Å². The maximum atomic E-state index is 3.06. The molecule has 0 N–H and O–H groups in total. The van der Waals surface area contributed by atoms with Crippen molar-refractivity contribution in [3.05, 3.63) is 146 Å². The fourth-order valence-electron chi connectivity index (χ4n) is 5.45. The van der Waals surface area contributed by atoms with E-state index in [-0.39, 0.29) is 45.1 Å². The van der Waals surface area contributed by atoms with Crippen LogP contribution in [0.1, 0.15) is 62.8 Å². The first-order chi connectivity index (χ1) is 19.6. The zero-order valence-electron chi connectivity index (χ0n) is 28.3. The average Bonchev–Trinajstić information content (AvgIpc) is 3.59. The van der Waals surface area contributed by atoms with Crippen molar-refractivity contribution in [2.24, 2.45) is 0 Å². The summed E-state index contributed by atoms with van der Waals surface area (Å²) in [5.74, 6) is 0.573. The molecule has 0 saturated carbocycles. The first-order valence-corrected chi connectivity index (χ1v) is 18.6. The van der Waals surface area contributed by atoms with Crippen LogP contribution in [0.4, 0.5) is 0 Å². The van der Waals surface area contributed by atoms with Crippen molar-refractivity contribution in [1.82, 2.24) is 0 Å². The second-order valence-corrected chi connectivity index (χ2v) is 12.2. The van der Waals surface area contributed by atoms with Gasteiger partial charge < -0.3 is 14.9 Å². The van der Waals surface area contributed by atoms with E-state index < -0.39 is 0 Å². The molecule has 45 heavy (non-hydrogen) atoms. The Kier molecular flexibility index (Phi) is 17.9. The predicted molar refractivity (Wildman–Crippen MR) is 205 cm³/mol. The van der Waals surface area contributed by atoms with E-state index >= 15 is 0 Å². The van der Waals surface area contributed by atoms with Crippen molar-refractivity contribution in [1.29, 1.82) is 0 Å². The van der Waals surface area contributed by atoms with Gasteiger partial charge in [0.05, 0.1) is 0 Å². The van der Waals surface area contributed by atoms with Crippen LogP contribution >= 0.6 is 24.8 Å². The van der Waals surface area contributed by atoms with E-state index in [9.17, 15) is 0 Å². The topological polar surface area (TPSA) is 0 Å². The van der Waals surface area contributed by atoms with Crippen molar-refractivity contribution in [3.63, 3.8) is 0 Å². The molecular weight excluding hydrogens is 683 g/mol. The van der Waals surface area contributed by atoms with E-state index in [0.29, 0.717) is 5.92 Å². The fraction of sp³-hybridized carbons (Fsp3) is 0.220. The predicted octanol–water partition coefficient (Wildman–Crippen LogP) is 12.9. The van der Waals surface area contributed by atoms with Crippen molar-refractivity contribution < 1.29 is 23.3 Å². The quantitative estimate of drug-likeness (QED) is 0.126. The molecule has 0 aromatic heterocycles. The Balaban J connectivity index is 0.000000768. The first-order valence-electron chi connectivity index (χ1n) is 14.4. The van der Waals surface area contributed by atoms with Crippen LogP contribution in [0.5, 0.6) is 0 Å². The Hall–Kier alpha value is -2.22. The van der Waals surface area contributed by atoms with Gasteiger partial charge in [-0.2, -0.15) is 12.1 Å². The molecule has 0 aliphatic heterocycles. The zero-order valence-corrected chi connectivity index (χ0v) is 33.4. The van der Waals surface area contributed by atoms with Gasteiger partial charge >= 0.3 is 30.2 Å².